The van der Waals surface area contributed by atoms with Gasteiger partial charge in [-0.05, 0) is 23.3 Å². The van der Waals surface area contributed by atoms with E-state index in [-0.39, 0.29) is 11.1 Å². The van der Waals surface area contributed by atoms with Crippen molar-refractivity contribution in [3.05, 3.63) is 35.4 Å². The van der Waals surface area contributed by atoms with Crippen LogP contribution in [0.3, 0.4) is 0 Å². The molecule has 1 atom stereocenters. The van der Waals surface area contributed by atoms with Gasteiger partial charge in [0.15, 0.2) is 0 Å². The Balaban J connectivity index is 2.52. The molecule has 2 amide bonds. The molecule has 2 rings (SSSR count). The minimum absolute atomic E-state index is 0.0860. The number of nitrogens with one attached hydrogen (secondary N) is 2. The summed E-state index contributed by atoms with van der Waals surface area (Å²) in [7, 11) is 3.67. The Labute approximate surface area is 147 Å². The number of hydrogen-bond donors (Lipinski definition) is 2. The van der Waals surface area contributed by atoms with E-state index >= 15 is 0 Å². The number of nitrogens with zero attached hydrogens (tertiary/aromatic N) is 1. The summed E-state index contributed by atoms with van der Waals surface area (Å²) in [5.41, 5.74) is 1.07. The van der Waals surface area contributed by atoms with Crippen molar-refractivity contribution in [3.8, 4) is 0 Å². The third-order valence-electron chi connectivity index (χ3n) is 3.79. The van der Waals surface area contributed by atoms with Crippen molar-refractivity contribution in [1.82, 2.24) is 10.0 Å². The van der Waals surface area contributed by atoms with Gasteiger partial charge in [0, 0.05) is 32.5 Å². The number of benzene rings is 1. The molecule has 0 aliphatic carbocycles. The molecule has 1 aromatic rings. The van der Waals surface area contributed by atoms with Gasteiger partial charge in [-0.1, -0.05) is 24.1 Å². The fourth-order valence-corrected chi connectivity index (χ4v) is 2.82. The third-order valence-corrected chi connectivity index (χ3v) is 4.18. The molecule has 0 spiro atoms. The van der Waals surface area contributed by atoms with Crippen LogP contribution in [-0.2, 0) is 9.59 Å². The predicted molar refractivity (Wildman–Crippen MR) is 91.9 cm³/mol. The number of carbonyl (C=O) groups excluding carboxylic acids is 2. The van der Waals surface area contributed by atoms with Crippen LogP contribution < -0.4 is 14.9 Å². The highest BCUT2D eigenvalue weighted by atomic mass is 32.2. The SMILES string of the molecule is CSNC(=O)C1=C(c2ccc(N(C)C)cc2)CC(C(F)(F)F)NC1=O. The highest BCUT2D eigenvalue weighted by molar-refractivity contribution is 7.97. The van der Waals surface area contributed by atoms with Crippen LogP contribution in [0.1, 0.15) is 12.0 Å². The Bertz CT molecular complexity index is 700. The molecule has 1 aromatic carbocycles. The van der Waals surface area contributed by atoms with Gasteiger partial charge in [0.1, 0.15) is 11.6 Å². The maximum absolute atomic E-state index is 13.1. The molecule has 1 aliphatic heterocycles. The summed E-state index contributed by atoms with van der Waals surface area (Å²) in [6.45, 7) is 0. The molecule has 1 aliphatic rings. The lowest BCUT2D eigenvalue weighted by Gasteiger charge is -2.29. The van der Waals surface area contributed by atoms with Gasteiger partial charge in [-0.25, -0.2) is 0 Å². The van der Waals surface area contributed by atoms with Crippen molar-refractivity contribution >= 4 is 35.0 Å². The Kier molecular flexibility index (Phi) is 5.66. The summed E-state index contributed by atoms with van der Waals surface area (Å²) < 4.78 is 41.7. The lowest BCUT2D eigenvalue weighted by Crippen LogP contribution is -2.50. The summed E-state index contributed by atoms with van der Waals surface area (Å²) in [4.78, 5) is 26.2. The smallest absolute Gasteiger partial charge is 0.378 e. The monoisotopic (exact) mass is 373 g/mol. The molecule has 0 saturated heterocycles. The number of rotatable bonds is 4. The van der Waals surface area contributed by atoms with Gasteiger partial charge in [0.25, 0.3) is 11.8 Å². The molecule has 0 fully saturated rings. The number of alkyl halides is 3. The fraction of sp³-hybridized carbons (Fsp3) is 0.375. The van der Waals surface area contributed by atoms with Gasteiger partial charge >= 0.3 is 6.18 Å². The lowest BCUT2D eigenvalue weighted by atomic mass is 9.89. The minimum Gasteiger partial charge on any atom is -0.378 e. The molecule has 0 saturated carbocycles. The summed E-state index contributed by atoms with van der Waals surface area (Å²) in [6, 6.07) is 4.66. The standard InChI is InChI=1S/C16H18F3N3O2S/c1-22(2)10-6-4-9(5-7-10)11-8-12(16(17,18)19)20-14(23)13(11)15(24)21-25-3/h4-7,12H,8H2,1-3H3,(H,20,23)(H,21,24). The number of halogens is 3. The first-order chi connectivity index (χ1) is 11.6. The van der Waals surface area contributed by atoms with Crippen molar-refractivity contribution < 1.29 is 22.8 Å². The van der Waals surface area contributed by atoms with Crippen LogP contribution in [0.15, 0.2) is 29.8 Å². The summed E-state index contributed by atoms with van der Waals surface area (Å²) in [5.74, 6) is -1.73. The molecule has 0 aromatic heterocycles. The number of amides is 2. The van der Waals surface area contributed by atoms with Crippen LogP contribution in [0.25, 0.3) is 5.57 Å². The fourth-order valence-electron chi connectivity index (χ4n) is 2.53. The van der Waals surface area contributed by atoms with Gasteiger partial charge < -0.3 is 10.2 Å². The maximum Gasteiger partial charge on any atom is 0.408 e. The van der Waals surface area contributed by atoms with Crippen molar-refractivity contribution in [3.63, 3.8) is 0 Å². The summed E-state index contributed by atoms with van der Waals surface area (Å²) >= 11 is 0.973. The zero-order valence-electron chi connectivity index (χ0n) is 13.9. The molecular formula is C16H18F3N3O2S. The van der Waals surface area contributed by atoms with E-state index in [9.17, 15) is 22.8 Å². The normalized spacial score (nSPS) is 18.0. The first-order valence-corrected chi connectivity index (χ1v) is 8.59. The number of carbonyl (C=O) groups is 2. The summed E-state index contributed by atoms with van der Waals surface area (Å²) in [6.07, 6.45) is -3.50. The van der Waals surface area contributed by atoms with Crippen LogP contribution in [0.5, 0.6) is 0 Å². The first kappa shape index (κ1) is 19.2. The van der Waals surface area contributed by atoms with Crippen molar-refractivity contribution in [1.29, 1.82) is 0 Å². The highest BCUT2D eigenvalue weighted by Crippen LogP contribution is 2.35. The van der Waals surface area contributed by atoms with E-state index in [1.165, 1.54) is 0 Å². The van der Waals surface area contributed by atoms with E-state index in [0.717, 1.165) is 17.6 Å². The molecular weight excluding hydrogens is 355 g/mol. The molecule has 25 heavy (non-hydrogen) atoms. The molecule has 2 N–H and O–H groups in total. The quantitative estimate of drug-likeness (QED) is 0.628. The van der Waals surface area contributed by atoms with Crippen LogP contribution in [0, 0.1) is 0 Å². The predicted octanol–water partition coefficient (Wildman–Crippen LogP) is 2.35. The average molecular weight is 373 g/mol. The molecule has 9 heteroatoms. The zero-order valence-corrected chi connectivity index (χ0v) is 14.7. The number of hydrogen-bond acceptors (Lipinski definition) is 4. The van der Waals surface area contributed by atoms with Gasteiger partial charge in [-0.2, -0.15) is 13.2 Å². The van der Waals surface area contributed by atoms with E-state index in [2.05, 4.69) is 4.72 Å². The summed E-state index contributed by atoms with van der Waals surface area (Å²) in [5, 5.41) is 1.87. The Morgan fingerprint density at radius 3 is 2.36 bits per heavy atom. The van der Waals surface area contributed by atoms with Crippen molar-refractivity contribution in [2.45, 2.75) is 18.6 Å². The van der Waals surface area contributed by atoms with Crippen molar-refractivity contribution in [2.24, 2.45) is 0 Å². The van der Waals surface area contributed by atoms with Crippen LogP contribution >= 0.6 is 11.9 Å². The van der Waals surface area contributed by atoms with Gasteiger partial charge in [0.2, 0.25) is 0 Å². The third kappa shape index (κ3) is 4.28. The molecule has 1 heterocycles. The Morgan fingerprint density at radius 1 is 1.28 bits per heavy atom. The van der Waals surface area contributed by atoms with Gasteiger partial charge in [-0.15, -0.1) is 0 Å². The average Bonchev–Trinajstić information content (AvgIpc) is 2.53. The minimum atomic E-state index is -4.59. The highest BCUT2D eigenvalue weighted by Gasteiger charge is 2.45. The Morgan fingerprint density at radius 2 is 1.88 bits per heavy atom. The van der Waals surface area contributed by atoms with E-state index in [1.54, 1.807) is 30.5 Å². The maximum atomic E-state index is 13.1. The largest absolute Gasteiger partial charge is 0.408 e. The van der Waals surface area contributed by atoms with Gasteiger partial charge in [0.05, 0.1) is 0 Å². The number of anilines is 1. The molecule has 1 unspecified atom stereocenters. The molecule has 5 nitrogen and oxygen atoms in total. The Hall–Kier alpha value is -2.16. The lowest BCUT2D eigenvalue weighted by molar-refractivity contribution is -0.160. The van der Waals surface area contributed by atoms with Crippen LogP contribution in [0.2, 0.25) is 0 Å². The van der Waals surface area contributed by atoms with E-state index in [0.29, 0.717) is 5.56 Å². The van der Waals surface area contributed by atoms with Crippen LogP contribution in [-0.4, -0.2) is 44.4 Å². The second-order valence-corrected chi connectivity index (χ2v) is 6.31. The zero-order chi connectivity index (χ0) is 18.8. The topological polar surface area (TPSA) is 61.4 Å². The van der Waals surface area contributed by atoms with Gasteiger partial charge in [-0.3, -0.25) is 14.3 Å². The molecule has 136 valence electrons. The van der Waals surface area contributed by atoms with Crippen LogP contribution in [0.4, 0.5) is 18.9 Å². The van der Waals surface area contributed by atoms with E-state index in [4.69, 9.17) is 0 Å². The second-order valence-electron chi connectivity index (χ2n) is 5.70. The van der Waals surface area contributed by atoms with E-state index in [1.807, 2.05) is 24.3 Å². The second kappa shape index (κ2) is 7.38. The van der Waals surface area contributed by atoms with Crippen molar-refractivity contribution in [2.75, 3.05) is 25.3 Å². The van der Waals surface area contributed by atoms with E-state index < -0.39 is 30.5 Å². The first-order valence-electron chi connectivity index (χ1n) is 7.37. The molecule has 0 radical (unpaired) electrons. The molecule has 0 bridgehead atoms.